The number of rotatable bonds is 7. The average molecular weight is 341 g/mol. The molecule has 6 nitrogen and oxygen atoms in total. The minimum atomic E-state index is 0.308. The average Bonchev–Trinajstić information content (AvgIpc) is 3.31. The van der Waals surface area contributed by atoms with E-state index in [0.717, 1.165) is 45.0 Å². The van der Waals surface area contributed by atoms with Gasteiger partial charge in [-0.1, -0.05) is 24.3 Å². The Morgan fingerprint density at radius 1 is 1.36 bits per heavy atom. The lowest BCUT2D eigenvalue weighted by Gasteiger charge is -2.15. The number of imidazole rings is 1. The second-order valence-corrected chi connectivity index (χ2v) is 6.27. The maximum Gasteiger partial charge on any atom is 0.191 e. The van der Waals surface area contributed by atoms with Crippen molar-refractivity contribution in [3.8, 4) is 0 Å². The van der Waals surface area contributed by atoms with Gasteiger partial charge >= 0.3 is 0 Å². The highest BCUT2D eigenvalue weighted by atomic mass is 16.5. The van der Waals surface area contributed by atoms with Crippen LogP contribution < -0.4 is 10.6 Å². The van der Waals surface area contributed by atoms with E-state index in [4.69, 9.17) is 9.73 Å². The lowest BCUT2D eigenvalue weighted by Crippen LogP contribution is -2.41. The number of nitrogens with zero attached hydrogens (tertiary/aromatic N) is 3. The summed E-state index contributed by atoms with van der Waals surface area (Å²) in [4.78, 5) is 8.79. The zero-order valence-electron chi connectivity index (χ0n) is 14.8. The molecule has 0 spiro atoms. The third-order valence-electron chi connectivity index (χ3n) is 4.20. The summed E-state index contributed by atoms with van der Waals surface area (Å²) in [5, 5.41) is 6.68. The van der Waals surface area contributed by atoms with E-state index in [1.807, 2.05) is 12.5 Å². The summed E-state index contributed by atoms with van der Waals surface area (Å²) >= 11 is 0. The number of nitrogens with one attached hydrogen (secondary N) is 2. The molecule has 2 N–H and O–H groups in total. The molecule has 3 rings (SSSR count). The van der Waals surface area contributed by atoms with Crippen LogP contribution >= 0.6 is 0 Å². The topological polar surface area (TPSA) is 63.5 Å². The first-order valence-corrected chi connectivity index (χ1v) is 9.01. The van der Waals surface area contributed by atoms with Gasteiger partial charge in [0.2, 0.25) is 0 Å². The molecule has 0 aliphatic carbocycles. The van der Waals surface area contributed by atoms with Crippen molar-refractivity contribution in [3.63, 3.8) is 0 Å². The van der Waals surface area contributed by atoms with Crippen LogP contribution in [0.3, 0.4) is 0 Å². The number of guanidine groups is 1. The van der Waals surface area contributed by atoms with Crippen molar-refractivity contribution in [1.29, 1.82) is 0 Å². The van der Waals surface area contributed by atoms with E-state index in [-0.39, 0.29) is 0 Å². The fourth-order valence-electron chi connectivity index (χ4n) is 2.95. The Labute approximate surface area is 149 Å². The molecule has 1 aromatic heterocycles. The standard InChI is InChI=1S/C19H27N5O/c1-2-21-19(23-13-18-7-4-10-25-18)22-12-16-5-3-6-17(11-16)14-24-9-8-20-15-24/h3,5-6,8-9,11,15,18H,2,4,7,10,12-14H2,1H3,(H2,21,22,23). The van der Waals surface area contributed by atoms with Crippen LogP contribution in [0.5, 0.6) is 0 Å². The Hall–Kier alpha value is -2.34. The van der Waals surface area contributed by atoms with Crippen molar-refractivity contribution in [2.75, 3.05) is 19.7 Å². The van der Waals surface area contributed by atoms with Crippen molar-refractivity contribution in [2.24, 2.45) is 4.99 Å². The van der Waals surface area contributed by atoms with Crippen molar-refractivity contribution in [3.05, 3.63) is 54.1 Å². The van der Waals surface area contributed by atoms with E-state index in [1.165, 1.54) is 11.1 Å². The number of hydrogen-bond acceptors (Lipinski definition) is 3. The maximum absolute atomic E-state index is 5.66. The molecule has 134 valence electrons. The third-order valence-corrected chi connectivity index (χ3v) is 4.20. The summed E-state index contributed by atoms with van der Waals surface area (Å²) < 4.78 is 7.72. The lowest BCUT2D eigenvalue weighted by molar-refractivity contribution is 0.114. The summed E-state index contributed by atoms with van der Waals surface area (Å²) in [5.74, 6) is 0.845. The van der Waals surface area contributed by atoms with Crippen molar-refractivity contribution >= 4 is 5.96 Å². The monoisotopic (exact) mass is 341 g/mol. The number of hydrogen-bond donors (Lipinski definition) is 2. The first-order chi connectivity index (χ1) is 12.3. The molecule has 0 amide bonds. The molecule has 1 unspecified atom stereocenters. The molecule has 0 saturated carbocycles. The van der Waals surface area contributed by atoms with Gasteiger partial charge in [0.1, 0.15) is 0 Å². The van der Waals surface area contributed by atoms with E-state index in [1.54, 1.807) is 6.20 Å². The van der Waals surface area contributed by atoms with Gasteiger partial charge < -0.3 is 19.9 Å². The van der Waals surface area contributed by atoms with Crippen LogP contribution in [-0.4, -0.2) is 41.3 Å². The van der Waals surface area contributed by atoms with Crippen LogP contribution in [0.4, 0.5) is 0 Å². The molecule has 6 heteroatoms. The van der Waals surface area contributed by atoms with Crippen LogP contribution in [0.15, 0.2) is 48.0 Å². The molecule has 25 heavy (non-hydrogen) atoms. The second kappa shape index (κ2) is 9.22. The second-order valence-electron chi connectivity index (χ2n) is 6.27. The largest absolute Gasteiger partial charge is 0.376 e. The van der Waals surface area contributed by atoms with Gasteiger partial charge in [-0.05, 0) is 30.9 Å². The summed E-state index contributed by atoms with van der Waals surface area (Å²) in [6.07, 6.45) is 8.21. The van der Waals surface area contributed by atoms with E-state index >= 15 is 0 Å². The van der Waals surface area contributed by atoms with Gasteiger partial charge in [-0.3, -0.25) is 0 Å². The van der Waals surface area contributed by atoms with Crippen LogP contribution in [-0.2, 0) is 17.8 Å². The fourth-order valence-corrected chi connectivity index (χ4v) is 2.95. The third kappa shape index (κ3) is 5.60. The molecule has 1 aliphatic rings. The summed E-state index contributed by atoms with van der Waals surface area (Å²) in [6, 6.07) is 8.54. The van der Waals surface area contributed by atoms with Crippen LogP contribution in [0.2, 0.25) is 0 Å². The van der Waals surface area contributed by atoms with E-state index < -0.39 is 0 Å². The van der Waals surface area contributed by atoms with E-state index in [0.29, 0.717) is 12.6 Å². The molecular weight excluding hydrogens is 314 g/mol. The quantitative estimate of drug-likeness (QED) is 0.598. The zero-order valence-corrected chi connectivity index (χ0v) is 14.8. The molecule has 1 saturated heterocycles. The number of aliphatic imine (C=N–C) groups is 1. The van der Waals surface area contributed by atoms with Crippen LogP contribution in [0, 0.1) is 0 Å². The fraction of sp³-hybridized carbons (Fsp3) is 0.474. The molecule has 2 aromatic rings. The van der Waals surface area contributed by atoms with Gasteiger partial charge in [0.15, 0.2) is 5.96 Å². The van der Waals surface area contributed by atoms with Crippen LogP contribution in [0.1, 0.15) is 30.9 Å². The smallest absolute Gasteiger partial charge is 0.191 e. The van der Waals surface area contributed by atoms with Gasteiger partial charge in [0, 0.05) is 38.6 Å². The Bertz CT molecular complexity index is 662. The van der Waals surface area contributed by atoms with Gasteiger partial charge in [-0.15, -0.1) is 0 Å². The lowest BCUT2D eigenvalue weighted by atomic mass is 10.1. The highest BCUT2D eigenvalue weighted by Crippen LogP contribution is 2.11. The molecule has 0 bridgehead atoms. The maximum atomic E-state index is 5.66. The van der Waals surface area contributed by atoms with Gasteiger partial charge in [0.05, 0.1) is 19.0 Å². The molecular formula is C19H27N5O. The van der Waals surface area contributed by atoms with Crippen molar-refractivity contribution in [2.45, 2.75) is 39.0 Å². The first kappa shape index (κ1) is 17.5. The Morgan fingerprint density at radius 3 is 3.04 bits per heavy atom. The minimum absolute atomic E-state index is 0.308. The Balaban J connectivity index is 1.57. The molecule has 1 fully saturated rings. The highest BCUT2D eigenvalue weighted by molar-refractivity contribution is 5.79. The van der Waals surface area contributed by atoms with Gasteiger partial charge in [0.25, 0.3) is 0 Å². The Kier molecular flexibility index (Phi) is 6.45. The predicted octanol–water partition coefficient (Wildman–Crippen LogP) is 2.17. The van der Waals surface area contributed by atoms with Gasteiger partial charge in [-0.2, -0.15) is 0 Å². The van der Waals surface area contributed by atoms with Gasteiger partial charge in [-0.25, -0.2) is 9.98 Å². The number of aromatic nitrogens is 2. The van der Waals surface area contributed by atoms with Crippen LogP contribution in [0.25, 0.3) is 0 Å². The predicted molar refractivity (Wildman–Crippen MR) is 99.6 cm³/mol. The normalized spacial score (nSPS) is 17.6. The molecule has 2 heterocycles. The number of ether oxygens (including phenoxy) is 1. The zero-order chi connectivity index (χ0) is 17.3. The molecule has 1 atom stereocenters. The Morgan fingerprint density at radius 2 is 2.28 bits per heavy atom. The van der Waals surface area contributed by atoms with Crippen molar-refractivity contribution < 1.29 is 4.74 Å². The van der Waals surface area contributed by atoms with E-state index in [9.17, 15) is 0 Å². The summed E-state index contributed by atoms with van der Waals surface area (Å²) in [5.41, 5.74) is 2.45. The summed E-state index contributed by atoms with van der Waals surface area (Å²) in [6.45, 7) is 6.09. The summed E-state index contributed by atoms with van der Waals surface area (Å²) in [7, 11) is 0. The first-order valence-electron chi connectivity index (χ1n) is 9.01. The highest BCUT2D eigenvalue weighted by Gasteiger charge is 2.15. The van der Waals surface area contributed by atoms with E-state index in [2.05, 4.69) is 51.4 Å². The minimum Gasteiger partial charge on any atom is -0.376 e. The molecule has 1 aliphatic heterocycles. The SMILES string of the molecule is CCNC(=NCc1cccc(Cn2ccnc2)c1)NCC1CCCO1. The molecule has 1 aromatic carbocycles. The number of benzene rings is 1. The van der Waals surface area contributed by atoms with Crippen molar-refractivity contribution in [1.82, 2.24) is 20.2 Å². The molecule has 0 radical (unpaired) electrons.